The normalized spacial score (nSPS) is 26.7. The van der Waals surface area contributed by atoms with Crippen LogP contribution in [-0.4, -0.2) is 23.5 Å². The molecule has 2 heterocycles. The highest BCUT2D eigenvalue weighted by molar-refractivity contribution is 6.33. The van der Waals surface area contributed by atoms with Crippen molar-refractivity contribution in [2.24, 2.45) is 5.92 Å². The SMILES string of the molecule is CC1CCN(c2ccncc2Cl)CC1Cl. The predicted octanol–water partition coefficient (Wildman–Crippen LogP) is 3.19. The van der Waals surface area contributed by atoms with Crippen molar-refractivity contribution in [1.29, 1.82) is 0 Å². The summed E-state index contributed by atoms with van der Waals surface area (Å²) < 4.78 is 0. The van der Waals surface area contributed by atoms with Gasteiger partial charge in [-0.25, -0.2) is 0 Å². The molecule has 4 heteroatoms. The zero-order valence-corrected chi connectivity index (χ0v) is 10.2. The van der Waals surface area contributed by atoms with Crippen molar-refractivity contribution in [3.63, 3.8) is 0 Å². The molecule has 0 spiro atoms. The number of anilines is 1. The van der Waals surface area contributed by atoms with E-state index in [-0.39, 0.29) is 5.38 Å². The summed E-state index contributed by atoms with van der Waals surface area (Å²) in [6, 6.07) is 1.95. The van der Waals surface area contributed by atoms with Gasteiger partial charge in [-0.3, -0.25) is 4.98 Å². The van der Waals surface area contributed by atoms with E-state index in [1.54, 1.807) is 12.4 Å². The Morgan fingerprint density at radius 1 is 1.53 bits per heavy atom. The van der Waals surface area contributed by atoms with Crippen LogP contribution in [0.5, 0.6) is 0 Å². The summed E-state index contributed by atoms with van der Waals surface area (Å²) >= 11 is 12.4. The number of rotatable bonds is 1. The van der Waals surface area contributed by atoms with Crippen LogP contribution < -0.4 is 4.90 Å². The molecule has 0 radical (unpaired) electrons. The van der Waals surface area contributed by atoms with E-state index in [4.69, 9.17) is 23.2 Å². The lowest BCUT2D eigenvalue weighted by Gasteiger charge is -2.35. The summed E-state index contributed by atoms with van der Waals surface area (Å²) in [6.45, 7) is 4.09. The second-order valence-electron chi connectivity index (χ2n) is 4.06. The van der Waals surface area contributed by atoms with Crippen molar-refractivity contribution in [2.75, 3.05) is 18.0 Å². The second kappa shape index (κ2) is 4.58. The van der Waals surface area contributed by atoms with Crippen molar-refractivity contribution in [3.05, 3.63) is 23.5 Å². The zero-order valence-electron chi connectivity index (χ0n) is 8.66. The molecule has 82 valence electrons. The molecule has 0 bridgehead atoms. The molecular formula is C11H14Cl2N2. The molecule has 1 fully saturated rings. The highest BCUT2D eigenvalue weighted by Crippen LogP contribution is 2.30. The third-order valence-corrected chi connectivity index (χ3v) is 3.82. The van der Waals surface area contributed by atoms with E-state index >= 15 is 0 Å². The van der Waals surface area contributed by atoms with Gasteiger partial charge in [-0.1, -0.05) is 18.5 Å². The Hall–Kier alpha value is -0.470. The Kier molecular flexibility index (Phi) is 3.37. The van der Waals surface area contributed by atoms with Gasteiger partial charge in [0.1, 0.15) is 0 Å². The molecule has 2 rings (SSSR count). The highest BCUT2D eigenvalue weighted by Gasteiger charge is 2.25. The van der Waals surface area contributed by atoms with Crippen LogP contribution in [0.3, 0.4) is 0 Å². The van der Waals surface area contributed by atoms with Crippen molar-refractivity contribution in [2.45, 2.75) is 18.7 Å². The van der Waals surface area contributed by atoms with Gasteiger partial charge in [0.15, 0.2) is 0 Å². The first-order valence-electron chi connectivity index (χ1n) is 5.17. The minimum absolute atomic E-state index is 0.211. The largest absolute Gasteiger partial charge is 0.369 e. The monoisotopic (exact) mass is 244 g/mol. The maximum atomic E-state index is 6.26. The van der Waals surface area contributed by atoms with E-state index in [0.29, 0.717) is 10.9 Å². The van der Waals surface area contributed by atoms with Gasteiger partial charge in [0.05, 0.1) is 16.1 Å². The number of pyridine rings is 1. The van der Waals surface area contributed by atoms with E-state index in [2.05, 4.69) is 16.8 Å². The molecule has 0 aliphatic carbocycles. The van der Waals surface area contributed by atoms with Crippen LogP contribution in [0.4, 0.5) is 5.69 Å². The lowest BCUT2D eigenvalue weighted by atomic mass is 9.98. The third-order valence-electron chi connectivity index (χ3n) is 2.96. The molecule has 1 aromatic heterocycles. The van der Waals surface area contributed by atoms with Crippen LogP contribution in [0, 0.1) is 5.92 Å². The maximum absolute atomic E-state index is 6.26. The maximum Gasteiger partial charge on any atom is 0.0822 e. The fourth-order valence-electron chi connectivity index (χ4n) is 1.87. The van der Waals surface area contributed by atoms with Crippen molar-refractivity contribution in [3.8, 4) is 0 Å². The van der Waals surface area contributed by atoms with Gasteiger partial charge in [0.25, 0.3) is 0 Å². The predicted molar refractivity (Wildman–Crippen MR) is 64.9 cm³/mol. The smallest absolute Gasteiger partial charge is 0.0822 e. The number of nitrogens with zero attached hydrogens (tertiary/aromatic N) is 2. The van der Waals surface area contributed by atoms with Gasteiger partial charge in [-0.05, 0) is 18.4 Å². The molecule has 2 unspecified atom stereocenters. The van der Waals surface area contributed by atoms with Crippen molar-refractivity contribution < 1.29 is 0 Å². The van der Waals surface area contributed by atoms with Crippen molar-refractivity contribution >= 4 is 28.9 Å². The van der Waals surface area contributed by atoms with Crippen LogP contribution >= 0.6 is 23.2 Å². The molecule has 2 nitrogen and oxygen atoms in total. The molecule has 0 aromatic carbocycles. The third kappa shape index (κ3) is 2.37. The number of halogens is 2. The Labute approximate surface area is 100 Å². The fourth-order valence-corrected chi connectivity index (χ4v) is 2.40. The van der Waals surface area contributed by atoms with E-state index in [9.17, 15) is 0 Å². The molecule has 0 amide bonds. The van der Waals surface area contributed by atoms with E-state index in [0.717, 1.165) is 25.2 Å². The summed E-state index contributed by atoms with van der Waals surface area (Å²) in [7, 11) is 0. The van der Waals surface area contributed by atoms with E-state index < -0.39 is 0 Å². The van der Waals surface area contributed by atoms with Crippen LogP contribution in [0.1, 0.15) is 13.3 Å². The standard InChI is InChI=1S/C11H14Cl2N2/c1-8-3-5-15(7-10(8)13)11-2-4-14-6-9(11)12/h2,4,6,8,10H,3,5,7H2,1H3. The molecule has 1 aliphatic rings. The highest BCUT2D eigenvalue weighted by atomic mass is 35.5. The Balaban J connectivity index is 2.15. The van der Waals surface area contributed by atoms with Gasteiger partial charge in [-0.2, -0.15) is 0 Å². The van der Waals surface area contributed by atoms with Gasteiger partial charge in [0.2, 0.25) is 0 Å². The summed E-state index contributed by atoms with van der Waals surface area (Å²) in [5.74, 6) is 0.587. The molecule has 2 atom stereocenters. The first-order chi connectivity index (χ1) is 7.18. The van der Waals surface area contributed by atoms with E-state index in [1.807, 2.05) is 6.07 Å². The minimum atomic E-state index is 0.211. The van der Waals surface area contributed by atoms with Gasteiger partial charge in [0, 0.05) is 25.5 Å². The topological polar surface area (TPSA) is 16.1 Å². The van der Waals surface area contributed by atoms with Crippen LogP contribution in [-0.2, 0) is 0 Å². The number of piperidine rings is 1. The van der Waals surface area contributed by atoms with Crippen LogP contribution in [0.2, 0.25) is 5.02 Å². The van der Waals surface area contributed by atoms with Crippen molar-refractivity contribution in [1.82, 2.24) is 4.98 Å². The molecule has 1 aliphatic heterocycles. The summed E-state index contributed by atoms with van der Waals surface area (Å²) in [4.78, 5) is 6.22. The number of aromatic nitrogens is 1. The lowest BCUT2D eigenvalue weighted by Crippen LogP contribution is -2.40. The summed E-state index contributed by atoms with van der Waals surface area (Å²) in [6.07, 6.45) is 4.56. The first kappa shape index (κ1) is 11.0. The number of hydrogen-bond acceptors (Lipinski definition) is 2. The zero-order chi connectivity index (χ0) is 10.8. The van der Waals surface area contributed by atoms with Gasteiger partial charge < -0.3 is 4.90 Å². The Morgan fingerprint density at radius 2 is 2.33 bits per heavy atom. The van der Waals surface area contributed by atoms with Gasteiger partial charge in [-0.15, -0.1) is 11.6 Å². The van der Waals surface area contributed by atoms with Crippen LogP contribution in [0.15, 0.2) is 18.5 Å². The Bertz CT molecular complexity index is 343. The molecule has 15 heavy (non-hydrogen) atoms. The quantitative estimate of drug-likeness (QED) is 0.706. The lowest BCUT2D eigenvalue weighted by molar-refractivity contribution is 0.446. The summed E-state index contributed by atoms with van der Waals surface area (Å²) in [5, 5.41) is 0.916. The minimum Gasteiger partial charge on any atom is -0.369 e. The van der Waals surface area contributed by atoms with Gasteiger partial charge >= 0.3 is 0 Å². The fraction of sp³-hybridized carbons (Fsp3) is 0.545. The molecule has 0 N–H and O–H groups in total. The summed E-state index contributed by atoms with van der Waals surface area (Å²) in [5.41, 5.74) is 1.05. The molecule has 1 aromatic rings. The Morgan fingerprint density at radius 3 is 3.00 bits per heavy atom. The average Bonchev–Trinajstić information content (AvgIpc) is 2.23. The number of alkyl halides is 1. The molecule has 0 saturated carbocycles. The first-order valence-corrected chi connectivity index (χ1v) is 5.98. The number of hydrogen-bond donors (Lipinski definition) is 0. The van der Waals surface area contributed by atoms with E-state index in [1.165, 1.54) is 0 Å². The average molecular weight is 245 g/mol. The van der Waals surface area contributed by atoms with Crippen LogP contribution in [0.25, 0.3) is 0 Å². The second-order valence-corrected chi connectivity index (χ2v) is 5.02. The molecular weight excluding hydrogens is 231 g/mol. The molecule has 1 saturated heterocycles.